The molecule has 0 aromatic carbocycles. The van der Waals surface area contributed by atoms with Gasteiger partial charge in [0.05, 0.1) is 0 Å². The van der Waals surface area contributed by atoms with E-state index in [-0.39, 0.29) is 0 Å². The van der Waals surface area contributed by atoms with Crippen LogP contribution in [0.25, 0.3) is 0 Å². The van der Waals surface area contributed by atoms with Gasteiger partial charge in [-0.3, -0.25) is 4.90 Å². The van der Waals surface area contributed by atoms with Crippen LogP contribution < -0.4 is 5.32 Å². The monoisotopic (exact) mass is 266 g/mol. The number of rotatable bonds is 7. The van der Waals surface area contributed by atoms with Crippen LogP contribution in [0.2, 0.25) is 0 Å². The maximum atomic E-state index is 3.74. The highest BCUT2D eigenvalue weighted by atomic mass is 15.2. The molecule has 1 aliphatic heterocycles. The Labute approximate surface area is 120 Å². The molecule has 0 aromatic heterocycles. The van der Waals surface area contributed by atoms with E-state index in [1.807, 2.05) is 0 Å². The molecule has 1 saturated carbocycles. The standard InChI is InChI=1S/C17H34N2/c1-3-8-16-14-19(17(4-2)13-18-16)12-7-11-15-9-5-6-10-15/h15-18H,3-14H2,1-2H3. The molecule has 1 heterocycles. The second kappa shape index (κ2) is 8.26. The molecule has 0 spiro atoms. The molecule has 2 rings (SSSR count). The van der Waals surface area contributed by atoms with Crippen LogP contribution in [-0.4, -0.2) is 36.6 Å². The first-order valence-corrected chi connectivity index (χ1v) is 8.80. The Bertz CT molecular complexity index is 235. The van der Waals surface area contributed by atoms with Crippen molar-refractivity contribution in [1.29, 1.82) is 0 Å². The quantitative estimate of drug-likeness (QED) is 0.754. The van der Waals surface area contributed by atoms with Crippen LogP contribution in [0.5, 0.6) is 0 Å². The number of hydrogen-bond donors (Lipinski definition) is 1. The maximum absolute atomic E-state index is 3.74. The van der Waals surface area contributed by atoms with Gasteiger partial charge < -0.3 is 5.32 Å². The predicted octanol–water partition coefficient (Wildman–Crippen LogP) is 3.81. The highest BCUT2D eigenvalue weighted by molar-refractivity contribution is 4.85. The van der Waals surface area contributed by atoms with Gasteiger partial charge in [0, 0.05) is 25.2 Å². The van der Waals surface area contributed by atoms with Gasteiger partial charge in [-0.15, -0.1) is 0 Å². The molecule has 2 heteroatoms. The third kappa shape index (κ3) is 4.75. The lowest BCUT2D eigenvalue weighted by Gasteiger charge is -2.40. The van der Waals surface area contributed by atoms with Crippen LogP contribution in [0.3, 0.4) is 0 Å². The largest absolute Gasteiger partial charge is 0.311 e. The van der Waals surface area contributed by atoms with Crippen molar-refractivity contribution in [2.24, 2.45) is 5.92 Å². The summed E-state index contributed by atoms with van der Waals surface area (Å²) in [5.41, 5.74) is 0. The van der Waals surface area contributed by atoms with E-state index < -0.39 is 0 Å². The summed E-state index contributed by atoms with van der Waals surface area (Å²) in [5, 5.41) is 3.74. The third-order valence-electron chi connectivity index (χ3n) is 5.25. The Morgan fingerprint density at radius 1 is 1.11 bits per heavy atom. The molecule has 1 saturated heterocycles. The van der Waals surface area contributed by atoms with Gasteiger partial charge in [-0.25, -0.2) is 0 Å². The molecule has 2 aliphatic rings. The predicted molar refractivity (Wildman–Crippen MR) is 83.5 cm³/mol. The van der Waals surface area contributed by atoms with Gasteiger partial charge in [0.15, 0.2) is 0 Å². The summed E-state index contributed by atoms with van der Waals surface area (Å²) in [7, 11) is 0. The Morgan fingerprint density at radius 3 is 2.58 bits per heavy atom. The first-order valence-electron chi connectivity index (χ1n) is 8.80. The topological polar surface area (TPSA) is 15.3 Å². The molecule has 0 bridgehead atoms. The second-order valence-electron chi connectivity index (χ2n) is 6.74. The minimum absolute atomic E-state index is 0.749. The van der Waals surface area contributed by atoms with Crippen molar-refractivity contribution in [3.63, 3.8) is 0 Å². The van der Waals surface area contributed by atoms with E-state index in [4.69, 9.17) is 0 Å². The minimum atomic E-state index is 0.749. The first-order chi connectivity index (χ1) is 9.33. The summed E-state index contributed by atoms with van der Waals surface area (Å²) >= 11 is 0. The van der Waals surface area contributed by atoms with Crippen LogP contribution in [0.1, 0.15) is 71.6 Å². The van der Waals surface area contributed by atoms with Crippen LogP contribution in [0.15, 0.2) is 0 Å². The van der Waals surface area contributed by atoms with Gasteiger partial charge in [0.2, 0.25) is 0 Å². The number of piperazine rings is 1. The fourth-order valence-electron chi connectivity index (χ4n) is 4.03. The molecule has 2 atom stereocenters. The van der Waals surface area contributed by atoms with Crippen molar-refractivity contribution >= 4 is 0 Å². The van der Waals surface area contributed by atoms with Crippen molar-refractivity contribution < 1.29 is 0 Å². The van der Waals surface area contributed by atoms with Gasteiger partial charge in [-0.05, 0) is 38.1 Å². The summed E-state index contributed by atoms with van der Waals surface area (Å²) in [4.78, 5) is 2.78. The molecule has 1 aliphatic carbocycles. The molecule has 0 amide bonds. The van der Waals surface area contributed by atoms with Crippen molar-refractivity contribution in [1.82, 2.24) is 10.2 Å². The van der Waals surface area contributed by atoms with E-state index >= 15 is 0 Å². The molecule has 19 heavy (non-hydrogen) atoms. The van der Waals surface area contributed by atoms with E-state index in [2.05, 4.69) is 24.1 Å². The van der Waals surface area contributed by atoms with Crippen molar-refractivity contribution in [3.05, 3.63) is 0 Å². The van der Waals surface area contributed by atoms with Gasteiger partial charge >= 0.3 is 0 Å². The van der Waals surface area contributed by atoms with E-state index in [0.29, 0.717) is 0 Å². The van der Waals surface area contributed by atoms with E-state index in [9.17, 15) is 0 Å². The molecule has 1 N–H and O–H groups in total. The van der Waals surface area contributed by atoms with Crippen molar-refractivity contribution in [2.75, 3.05) is 19.6 Å². The maximum Gasteiger partial charge on any atom is 0.0218 e. The average Bonchev–Trinajstić information content (AvgIpc) is 2.93. The van der Waals surface area contributed by atoms with Crippen LogP contribution >= 0.6 is 0 Å². The zero-order chi connectivity index (χ0) is 13.5. The Hall–Kier alpha value is -0.0800. The number of hydrogen-bond acceptors (Lipinski definition) is 2. The fourth-order valence-corrected chi connectivity index (χ4v) is 4.03. The van der Waals surface area contributed by atoms with Crippen LogP contribution in [0, 0.1) is 5.92 Å². The van der Waals surface area contributed by atoms with E-state index in [1.54, 1.807) is 0 Å². The summed E-state index contributed by atoms with van der Waals surface area (Å²) in [6.45, 7) is 8.49. The summed E-state index contributed by atoms with van der Waals surface area (Å²) in [5.74, 6) is 1.06. The Kier molecular flexibility index (Phi) is 6.66. The zero-order valence-corrected chi connectivity index (χ0v) is 13.2. The summed E-state index contributed by atoms with van der Waals surface area (Å²) in [6.07, 6.45) is 12.9. The van der Waals surface area contributed by atoms with E-state index in [1.165, 1.54) is 77.4 Å². The number of nitrogens with one attached hydrogen (secondary N) is 1. The molecule has 2 unspecified atom stereocenters. The van der Waals surface area contributed by atoms with Gasteiger partial charge in [0.1, 0.15) is 0 Å². The average molecular weight is 266 g/mol. The lowest BCUT2D eigenvalue weighted by atomic mass is 9.99. The Balaban J connectivity index is 1.70. The van der Waals surface area contributed by atoms with E-state index in [0.717, 1.165) is 18.0 Å². The first kappa shape index (κ1) is 15.3. The Morgan fingerprint density at radius 2 is 1.89 bits per heavy atom. The second-order valence-corrected chi connectivity index (χ2v) is 6.74. The molecular weight excluding hydrogens is 232 g/mol. The minimum Gasteiger partial charge on any atom is -0.311 e. The lowest BCUT2D eigenvalue weighted by molar-refractivity contribution is 0.119. The highest BCUT2D eigenvalue weighted by Crippen LogP contribution is 2.28. The summed E-state index contributed by atoms with van der Waals surface area (Å²) < 4.78 is 0. The highest BCUT2D eigenvalue weighted by Gasteiger charge is 2.26. The third-order valence-corrected chi connectivity index (χ3v) is 5.25. The molecular formula is C17H34N2. The smallest absolute Gasteiger partial charge is 0.0218 e. The SMILES string of the molecule is CCCC1CN(CCCC2CCCC2)C(CC)CN1. The van der Waals surface area contributed by atoms with Crippen molar-refractivity contribution in [2.45, 2.75) is 83.7 Å². The molecule has 0 aromatic rings. The zero-order valence-electron chi connectivity index (χ0n) is 13.2. The van der Waals surface area contributed by atoms with Gasteiger partial charge in [-0.2, -0.15) is 0 Å². The van der Waals surface area contributed by atoms with Gasteiger partial charge in [-0.1, -0.05) is 46.0 Å². The van der Waals surface area contributed by atoms with Crippen LogP contribution in [0.4, 0.5) is 0 Å². The van der Waals surface area contributed by atoms with Crippen LogP contribution in [-0.2, 0) is 0 Å². The van der Waals surface area contributed by atoms with Gasteiger partial charge in [0.25, 0.3) is 0 Å². The normalized spacial score (nSPS) is 30.0. The molecule has 112 valence electrons. The number of nitrogens with zero attached hydrogens (tertiary/aromatic N) is 1. The summed E-state index contributed by atoms with van der Waals surface area (Å²) in [6, 6.07) is 1.54. The molecule has 2 fully saturated rings. The molecule has 2 nitrogen and oxygen atoms in total. The van der Waals surface area contributed by atoms with Crippen molar-refractivity contribution in [3.8, 4) is 0 Å². The molecule has 0 radical (unpaired) electrons. The fraction of sp³-hybridized carbons (Fsp3) is 1.00. The lowest BCUT2D eigenvalue weighted by Crippen LogP contribution is -2.56.